The zero-order chi connectivity index (χ0) is 12.3. The van der Waals surface area contributed by atoms with Crippen molar-refractivity contribution in [3.05, 3.63) is 51.5 Å². The van der Waals surface area contributed by atoms with Crippen molar-refractivity contribution in [3.8, 4) is 0 Å². The lowest BCUT2D eigenvalue weighted by molar-refractivity contribution is -0.136. The summed E-state index contributed by atoms with van der Waals surface area (Å²) < 4.78 is 0. The van der Waals surface area contributed by atoms with E-state index in [2.05, 4.69) is 17.1 Å². The third-order valence-electron chi connectivity index (χ3n) is 2.45. The van der Waals surface area contributed by atoms with Crippen LogP contribution in [-0.4, -0.2) is 16.1 Å². The summed E-state index contributed by atoms with van der Waals surface area (Å²) in [4.78, 5) is 16.0. The van der Waals surface area contributed by atoms with Gasteiger partial charge >= 0.3 is 5.97 Å². The van der Waals surface area contributed by atoms with Crippen LogP contribution in [-0.2, 0) is 17.6 Å². The molecule has 0 unspecified atom stereocenters. The molecule has 0 spiro atoms. The van der Waals surface area contributed by atoms with Gasteiger partial charge < -0.3 is 5.11 Å². The van der Waals surface area contributed by atoms with Crippen LogP contribution < -0.4 is 0 Å². The number of hydrogen-bond donors (Lipinski definition) is 1. The molecule has 17 heavy (non-hydrogen) atoms. The van der Waals surface area contributed by atoms with Crippen LogP contribution in [0.5, 0.6) is 0 Å². The van der Waals surface area contributed by atoms with Gasteiger partial charge in [-0.1, -0.05) is 30.3 Å². The summed E-state index contributed by atoms with van der Waals surface area (Å²) >= 11 is 1.49. The van der Waals surface area contributed by atoms with E-state index in [1.54, 1.807) is 0 Å². The average molecular weight is 247 g/mol. The second kappa shape index (κ2) is 5.10. The molecule has 0 radical (unpaired) electrons. The number of carboxylic acids is 1. The number of aliphatic carboxylic acids is 1. The van der Waals surface area contributed by atoms with E-state index in [0.29, 0.717) is 5.01 Å². The van der Waals surface area contributed by atoms with Crippen LogP contribution in [0.4, 0.5) is 0 Å². The van der Waals surface area contributed by atoms with Crippen molar-refractivity contribution in [2.45, 2.75) is 19.8 Å². The Morgan fingerprint density at radius 2 is 2.06 bits per heavy atom. The number of carbonyl (C=O) groups is 1. The van der Waals surface area contributed by atoms with E-state index in [4.69, 9.17) is 5.11 Å². The summed E-state index contributed by atoms with van der Waals surface area (Å²) in [6.07, 6.45) is 0.838. The van der Waals surface area contributed by atoms with Gasteiger partial charge in [-0.25, -0.2) is 4.98 Å². The fourth-order valence-corrected chi connectivity index (χ4v) is 2.73. The van der Waals surface area contributed by atoms with Gasteiger partial charge in [0.1, 0.15) is 5.01 Å². The predicted octanol–water partition coefficient (Wildman–Crippen LogP) is 2.67. The van der Waals surface area contributed by atoms with E-state index in [0.717, 1.165) is 17.0 Å². The fraction of sp³-hybridized carbons (Fsp3) is 0.231. The van der Waals surface area contributed by atoms with E-state index >= 15 is 0 Å². The predicted molar refractivity (Wildman–Crippen MR) is 67.4 cm³/mol. The Labute approximate surface area is 104 Å². The fourth-order valence-electron chi connectivity index (χ4n) is 1.64. The molecule has 0 aliphatic carbocycles. The lowest BCUT2D eigenvalue weighted by atomic mass is 10.1. The Morgan fingerprint density at radius 1 is 1.35 bits per heavy atom. The Balaban J connectivity index is 2.16. The van der Waals surface area contributed by atoms with Gasteiger partial charge in [-0.05, 0) is 12.5 Å². The third-order valence-corrected chi connectivity index (χ3v) is 3.60. The van der Waals surface area contributed by atoms with Crippen LogP contribution >= 0.6 is 11.3 Å². The molecule has 0 fully saturated rings. The number of thiazole rings is 1. The molecular weight excluding hydrogens is 234 g/mol. The first kappa shape index (κ1) is 11.8. The normalized spacial score (nSPS) is 10.4. The van der Waals surface area contributed by atoms with E-state index in [1.165, 1.54) is 16.9 Å². The van der Waals surface area contributed by atoms with Crippen LogP contribution in [0.1, 0.15) is 21.1 Å². The molecule has 3 nitrogen and oxygen atoms in total. The Hall–Kier alpha value is -1.68. The van der Waals surface area contributed by atoms with Crippen molar-refractivity contribution >= 4 is 17.3 Å². The smallest absolute Gasteiger partial charge is 0.310 e. The number of rotatable bonds is 4. The lowest BCUT2D eigenvalue weighted by Crippen LogP contribution is -1.98. The zero-order valence-electron chi connectivity index (χ0n) is 9.51. The van der Waals surface area contributed by atoms with Crippen LogP contribution in [0.2, 0.25) is 0 Å². The molecule has 1 N–H and O–H groups in total. The van der Waals surface area contributed by atoms with Gasteiger partial charge in [0.15, 0.2) is 0 Å². The first-order chi connectivity index (χ1) is 8.15. The maximum absolute atomic E-state index is 10.6. The molecule has 1 aromatic heterocycles. The molecule has 1 aromatic carbocycles. The minimum absolute atomic E-state index is 0.0142. The van der Waals surface area contributed by atoms with Crippen LogP contribution in [0.25, 0.3) is 0 Å². The highest BCUT2D eigenvalue weighted by Crippen LogP contribution is 2.21. The van der Waals surface area contributed by atoms with Crippen LogP contribution in [0.3, 0.4) is 0 Å². The van der Waals surface area contributed by atoms with Crippen molar-refractivity contribution in [2.24, 2.45) is 0 Å². The van der Waals surface area contributed by atoms with Gasteiger partial charge in [-0.3, -0.25) is 4.79 Å². The molecule has 0 aliphatic rings. The van der Waals surface area contributed by atoms with E-state index in [-0.39, 0.29) is 6.42 Å². The van der Waals surface area contributed by atoms with Crippen LogP contribution in [0.15, 0.2) is 30.3 Å². The largest absolute Gasteiger partial charge is 0.481 e. The molecule has 0 saturated heterocycles. The first-order valence-corrected chi connectivity index (χ1v) is 6.17. The third kappa shape index (κ3) is 3.14. The van der Waals surface area contributed by atoms with Crippen molar-refractivity contribution in [3.63, 3.8) is 0 Å². The quantitative estimate of drug-likeness (QED) is 0.903. The second-order valence-corrected chi connectivity index (χ2v) is 5.02. The molecular formula is C13H13NO2S. The van der Waals surface area contributed by atoms with Gasteiger partial charge in [0.05, 0.1) is 12.1 Å². The Morgan fingerprint density at radius 3 is 2.71 bits per heavy atom. The number of hydrogen-bond acceptors (Lipinski definition) is 3. The minimum Gasteiger partial charge on any atom is -0.481 e. The van der Waals surface area contributed by atoms with Crippen molar-refractivity contribution < 1.29 is 9.90 Å². The Bertz CT molecular complexity index is 519. The summed E-state index contributed by atoms with van der Waals surface area (Å²) in [5.41, 5.74) is 2.16. The summed E-state index contributed by atoms with van der Waals surface area (Å²) in [5.74, 6) is -0.829. The number of nitrogens with zero attached hydrogens (tertiary/aromatic N) is 1. The van der Waals surface area contributed by atoms with E-state index in [1.807, 2.05) is 25.1 Å². The molecule has 2 aromatic rings. The van der Waals surface area contributed by atoms with Gasteiger partial charge in [0, 0.05) is 11.3 Å². The first-order valence-electron chi connectivity index (χ1n) is 5.36. The molecule has 1 heterocycles. The molecule has 0 atom stereocenters. The van der Waals surface area contributed by atoms with Gasteiger partial charge in [0.25, 0.3) is 0 Å². The summed E-state index contributed by atoms with van der Waals surface area (Å²) in [6, 6.07) is 10.1. The summed E-state index contributed by atoms with van der Waals surface area (Å²) in [7, 11) is 0. The SMILES string of the molecule is Cc1nc(CC(=O)O)sc1Cc1ccccc1. The zero-order valence-corrected chi connectivity index (χ0v) is 10.3. The minimum atomic E-state index is -0.829. The van der Waals surface area contributed by atoms with Crippen molar-refractivity contribution in [1.82, 2.24) is 4.98 Å². The molecule has 0 saturated carbocycles. The second-order valence-electron chi connectivity index (χ2n) is 3.85. The molecule has 88 valence electrons. The summed E-state index contributed by atoms with van der Waals surface area (Å²) in [5, 5.41) is 9.40. The molecule has 0 aliphatic heterocycles. The van der Waals surface area contributed by atoms with Crippen molar-refractivity contribution in [2.75, 3.05) is 0 Å². The highest BCUT2D eigenvalue weighted by molar-refractivity contribution is 7.11. The molecule has 4 heteroatoms. The molecule has 0 amide bonds. The maximum atomic E-state index is 10.6. The number of aromatic nitrogens is 1. The monoisotopic (exact) mass is 247 g/mol. The van der Waals surface area contributed by atoms with Crippen LogP contribution in [0, 0.1) is 6.92 Å². The van der Waals surface area contributed by atoms with Crippen molar-refractivity contribution in [1.29, 1.82) is 0 Å². The highest BCUT2D eigenvalue weighted by atomic mass is 32.1. The topological polar surface area (TPSA) is 50.2 Å². The number of carboxylic acid groups (broad SMARTS) is 1. The van der Waals surface area contributed by atoms with Gasteiger partial charge in [0.2, 0.25) is 0 Å². The lowest BCUT2D eigenvalue weighted by Gasteiger charge is -1.98. The maximum Gasteiger partial charge on any atom is 0.310 e. The van der Waals surface area contributed by atoms with E-state index in [9.17, 15) is 4.79 Å². The number of aryl methyl sites for hydroxylation is 1. The van der Waals surface area contributed by atoms with Gasteiger partial charge in [-0.15, -0.1) is 11.3 Å². The van der Waals surface area contributed by atoms with Gasteiger partial charge in [-0.2, -0.15) is 0 Å². The van der Waals surface area contributed by atoms with E-state index < -0.39 is 5.97 Å². The standard InChI is InChI=1S/C13H13NO2S/c1-9-11(7-10-5-3-2-4-6-10)17-12(14-9)8-13(15)16/h2-6H,7-8H2,1H3,(H,15,16). The Kier molecular flexibility index (Phi) is 3.54. The molecule has 2 rings (SSSR count). The number of benzene rings is 1. The average Bonchev–Trinajstić information content (AvgIpc) is 2.59. The molecule has 0 bridgehead atoms. The summed E-state index contributed by atoms with van der Waals surface area (Å²) in [6.45, 7) is 1.93. The highest BCUT2D eigenvalue weighted by Gasteiger charge is 2.10.